The Balaban J connectivity index is 2.26. The smallest absolute Gasteiger partial charge is 0.328 e. The van der Waals surface area contributed by atoms with Crippen molar-refractivity contribution in [3.8, 4) is 0 Å². The Morgan fingerprint density at radius 2 is 2.21 bits per heavy atom. The van der Waals surface area contributed by atoms with Crippen LogP contribution in [0.5, 0.6) is 0 Å². The van der Waals surface area contributed by atoms with Crippen molar-refractivity contribution < 1.29 is 9.53 Å². The quantitative estimate of drug-likeness (QED) is 0.782. The standard InChI is InChI=1S/C14H21N3O2/c1-10(2)11-8-13(16-9-15-11)17-7-5-4-6-12(17)14(18)19-3/h8-10,12H,4-7H2,1-3H3. The third kappa shape index (κ3) is 3.03. The first-order chi connectivity index (χ1) is 9.13. The van der Waals surface area contributed by atoms with Gasteiger partial charge in [-0.25, -0.2) is 14.8 Å². The highest BCUT2D eigenvalue weighted by Gasteiger charge is 2.30. The molecular formula is C14H21N3O2. The molecule has 1 aromatic rings. The molecule has 5 nitrogen and oxygen atoms in total. The van der Waals surface area contributed by atoms with Gasteiger partial charge in [0, 0.05) is 18.3 Å². The highest BCUT2D eigenvalue weighted by atomic mass is 16.5. The lowest BCUT2D eigenvalue weighted by Gasteiger charge is -2.34. The van der Waals surface area contributed by atoms with Crippen molar-refractivity contribution in [1.29, 1.82) is 0 Å². The maximum Gasteiger partial charge on any atom is 0.328 e. The molecule has 0 aromatic carbocycles. The summed E-state index contributed by atoms with van der Waals surface area (Å²) in [6.45, 7) is 5.04. The number of aromatic nitrogens is 2. The minimum atomic E-state index is -0.214. The number of ether oxygens (including phenoxy) is 1. The summed E-state index contributed by atoms with van der Waals surface area (Å²) in [5.41, 5.74) is 0.999. The third-order valence-corrected chi connectivity index (χ3v) is 3.54. The number of anilines is 1. The second-order valence-electron chi connectivity index (χ2n) is 5.18. The van der Waals surface area contributed by atoms with Gasteiger partial charge in [-0.15, -0.1) is 0 Å². The fraction of sp³-hybridized carbons (Fsp3) is 0.643. The normalized spacial score (nSPS) is 19.6. The number of methoxy groups -OCH3 is 1. The van der Waals surface area contributed by atoms with Gasteiger partial charge in [0.25, 0.3) is 0 Å². The van der Waals surface area contributed by atoms with E-state index < -0.39 is 0 Å². The fourth-order valence-electron chi connectivity index (χ4n) is 2.42. The van der Waals surface area contributed by atoms with Crippen LogP contribution in [0.1, 0.15) is 44.7 Å². The van der Waals surface area contributed by atoms with Gasteiger partial charge in [-0.3, -0.25) is 0 Å². The zero-order valence-corrected chi connectivity index (χ0v) is 11.8. The molecule has 0 saturated carbocycles. The lowest BCUT2D eigenvalue weighted by molar-refractivity contribution is -0.142. The van der Waals surface area contributed by atoms with Crippen molar-refractivity contribution in [2.45, 2.75) is 45.1 Å². The highest BCUT2D eigenvalue weighted by molar-refractivity contribution is 5.79. The molecule has 1 fully saturated rings. The predicted molar refractivity (Wildman–Crippen MR) is 73.1 cm³/mol. The van der Waals surface area contributed by atoms with E-state index in [9.17, 15) is 4.79 Å². The van der Waals surface area contributed by atoms with Crippen molar-refractivity contribution in [2.24, 2.45) is 0 Å². The average Bonchev–Trinajstić information content (AvgIpc) is 2.46. The largest absolute Gasteiger partial charge is 0.467 e. The van der Waals surface area contributed by atoms with Gasteiger partial charge in [0.2, 0.25) is 0 Å². The topological polar surface area (TPSA) is 55.3 Å². The lowest BCUT2D eigenvalue weighted by Crippen LogP contribution is -2.45. The third-order valence-electron chi connectivity index (χ3n) is 3.54. The zero-order valence-electron chi connectivity index (χ0n) is 11.8. The Morgan fingerprint density at radius 1 is 1.42 bits per heavy atom. The van der Waals surface area contributed by atoms with Crippen molar-refractivity contribution in [1.82, 2.24) is 9.97 Å². The van der Waals surface area contributed by atoms with Gasteiger partial charge in [-0.2, -0.15) is 0 Å². The second kappa shape index (κ2) is 5.99. The van der Waals surface area contributed by atoms with Gasteiger partial charge in [0.15, 0.2) is 0 Å². The van der Waals surface area contributed by atoms with E-state index in [1.54, 1.807) is 6.33 Å². The van der Waals surface area contributed by atoms with E-state index in [4.69, 9.17) is 4.74 Å². The van der Waals surface area contributed by atoms with Crippen LogP contribution in [0, 0.1) is 0 Å². The van der Waals surface area contributed by atoms with Crippen LogP contribution in [0.25, 0.3) is 0 Å². The minimum absolute atomic E-state index is 0.176. The van der Waals surface area contributed by atoms with E-state index >= 15 is 0 Å². The van der Waals surface area contributed by atoms with Gasteiger partial charge >= 0.3 is 5.97 Å². The maximum absolute atomic E-state index is 11.9. The minimum Gasteiger partial charge on any atom is -0.467 e. The molecule has 1 aliphatic heterocycles. The van der Waals surface area contributed by atoms with E-state index in [1.807, 2.05) is 11.0 Å². The second-order valence-corrected chi connectivity index (χ2v) is 5.18. The van der Waals surface area contributed by atoms with Crippen molar-refractivity contribution in [3.05, 3.63) is 18.1 Å². The summed E-state index contributed by atoms with van der Waals surface area (Å²) in [5, 5.41) is 0. The number of hydrogen-bond acceptors (Lipinski definition) is 5. The zero-order chi connectivity index (χ0) is 13.8. The molecule has 1 aromatic heterocycles. The molecule has 0 N–H and O–H groups in total. The summed E-state index contributed by atoms with van der Waals surface area (Å²) >= 11 is 0. The maximum atomic E-state index is 11.9. The SMILES string of the molecule is COC(=O)C1CCCCN1c1cc(C(C)C)ncn1. The molecule has 0 amide bonds. The molecule has 2 rings (SSSR count). The average molecular weight is 263 g/mol. The van der Waals surface area contributed by atoms with E-state index in [1.165, 1.54) is 7.11 Å². The van der Waals surface area contributed by atoms with Crippen LogP contribution in [-0.4, -0.2) is 35.6 Å². The molecule has 2 heterocycles. The summed E-state index contributed by atoms with van der Waals surface area (Å²) in [4.78, 5) is 22.5. The molecule has 1 unspecified atom stereocenters. The van der Waals surface area contributed by atoms with Gasteiger partial charge in [0.05, 0.1) is 7.11 Å². The van der Waals surface area contributed by atoms with Crippen LogP contribution in [0.3, 0.4) is 0 Å². The van der Waals surface area contributed by atoms with Crippen LogP contribution < -0.4 is 4.90 Å². The Morgan fingerprint density at radius 3 is 2.89 bits per heavy atom. The Bertz CT molecular complexity index is 448. The molecule has 0 aliphatic carbocycles. The highest BCUT2D eigenvalue weighted by Crippen LogP contribution is 2.25. The molecule has 1 atom stereocenters. The monoisotopic (exact) mass is 263 g/mol. The molecular weight excluding hydrogens is 242 g/mol. The number of esters is 1. The fourth-order valence-corrected chi connectivity index (χ4v) is 2.42. The van der Waals surface area contributed by atoms with Crippen molar-refractivity contribution in [3.63, 3.8) is 0 Å². The molecule has 0 radical (unpaired) electrons. The van der Waals surface area contributed by atoms with Crippen LogP contribution in [-0.2, 0) is 9.53 Å². The number of piperidine rings is 1. The number of carbonyl (C=O) groups is 1. The first kappa shape index (κ1) is 13.8. The van der Waals surface area contributed by atoms with Crippen LogP contribution >= 0.6 is 0 Å². The van der Waals surface area contributed by atoms with Gasteiger partial charge in [-0.05, 0) is 25.2 Å². The summed E-state index contributed by atoms with van der Waals surface area (Å²) in [7, 11) is 1.44. The molecule has 5 heteroatoms. The Kier molecular flexibility index (Phi) is 4.35. The first-order valence-electron chi connectivity index (χ1n) is 6.80. The van der Waals surface area contributed by atoms with Crippen LogP contribution in [0.4, 0.5) is 5.82 Å². The summed E-state index contributed by atoms with van der Waals surface area (Å²) in [6.07, 6.45) is 4.54. The lowest BCUT2D eigenvalue weighted by atomic mass is 10.0. The van der Waals surface area contributed by atoms with Crippen LogP contribution in [0.2, 0.25) is 0 Å². The summed E-state index contributed by atoms with van der Waals surface area (Å²) in [6, 6.07) is 1.76. The van der Waals surface area contributed by atoms with Crippen molar-refractivity contribution >= 4 is 11.8 Å². The van der Waals surface area contributed by atoms with Crippen molar-refractivity contribution in [2.75, 3.05) is 18.6 Å². The molecule has 104 valence electrons. The van der Waals surface area contributed by atoms with E-state index in [0.29, 0.717) is 5.92 Å². The van der Waals surface area contributed by atoms with Crippen LogP contribution in [0.15, 0.2) is 12.4 Å². The van der Waals surface area contributed by atoms with Gasteiger partial charge in [0.1, 0.15) is 18.2 Å². The molecule has 1 aliphatic rings. The predicted octanol–water partition coefficient (Wildman–Crippen LogP) is 2.13. The summed E-state index contributed by atoms with van der Waals surface area (Å²) in [5.74, 6) is 1.00. The van der Waals surface area contributed by atoms with E-state index in [-0.39, 0.29) is 12.0 Å². The molecule has 19 heavy (non-hydrogen) atoms. The van der Waals surface area contributed by atoms with Gasteiger partial charge in [-0.1, -0.05) is 13.8 Å². The summed E-state index contributed by atoms with van der Waals surface area (Å²) < 4.78 is 4.90. The molecule has 0 spiro atoms. The first-order valence-corrected chi connectivity index (χ1v) is 6.80. The number of nitrogens with zero attached hydrogens (tertiary/aromatic N) is 3. The Labute approximate surface area is 114 Å². The molecule has 0 bridgehead atoms. The molecule has 1 saturated heterocycles. The Hall–Kier alpha value is -1.65. The van der Waals surface area contributed by atoms with Gasteiger partial charge < -0.3 is 9.64 Å². The van der Waals surface area contributed by atoms with E-state index in [2.05, 4.69) is 23.8 Å². The number of hydrogen-bond donors (Lipinski definition) is 0. The van der Waals surface area contributed by atoms with E-state index in [0.717, 1.165) is 37.3 Å². The number of rotatable bonds is 3. The number of carbonyl (C=O) groups excluding carboxylic acids is 1.